The van der Waals surface area contributed by atoms with Gasteiger partial charge in [-0.3, -0.25) is 0 Å². The summed E-state index contributed by atoms with van der Waals surface area (Å²) in [7, 11) is 0.725. The maximum Gasteiger partial charge on any atom is 0.243 e. The minimum Gasteiger partial charge on any atom is -0.493 e. The van der Waals surface area contributed by atoms with E-state index in [1.807, 2.05) is 49.4 Å². The van der Waals surface area contributed by atoms with Crippen molar-refractivity contribution in [2.24, 2.45) is 0 Å². The zero-order chi connectivity index (χ0) is 24.3. The number of benzene rings is 3. The maximum absolute atomic E-state index is 13.8. The number of hydrogen-bond acceptors (Lipinski definition) is 6. The molecule has 1 unspecified atom stereocenters. The number of nitrogens with zero attached hydrogens (tertiary/aromatic N) is 1. The molecule has 1 atom stereocenters. The monoisotopic (exact) mass is 483 g/mol. The Bertz CT molecular complexity index is 1240. The summed E-state index contributed by atoms with van der Waals surface area (Å²) in [5.41, 5.74) is 2.74. The van der Waals surface area contributed by atoms with Crippen molar-refractivity contribution in [3.8, 4) is 17.2 Å². The highest BCUT2D eigenvalue weighted by atomic mass is 32.2. The number of hydrogen-bond donors (Lipinski definition) is 0. The van der Waals surface area contributed by atoms with Gasteiger partial charge in [0, 0.05) is 37.8 Å². The molecule has 4 rings (SSSR count). The zero-order valence-electron chi connectivity index (χ0n) is 19.7. The summed E-state index contributed by atoms with van der Waals surface area (Å²) in [6.07, 6.45) is -0.722. The Morgan fingerprint density at radius 2 is 1.59 bits per heavy atom. The Labute approximate surface area is 200 Å². The Morgan fingerprint density at radius 1 is 0.912 bits per heavy atom. The highest BCUT2D eigenvalue weighted by Crippen LogP contribution is 2.48. The van der Waals surface area contributed by atoms with Gasteiger partial charge >= 0.3 is 0 Å². The van der Waals surface area contributed by atoms with Crippen LogP contribution >= 0.6 is 0 Å². The van der Waals surface area contributed by atoms with E-state index in [1.54, 1.807) is 31.4 Å². The first-order valence-corrected chi connectivity index (χ1v) is 12.4. The summed E-state index contributed by atoms with van der Waals surface area (Å²) >= 11 is 0. The van der Waals surface area contributed by atoms with E-state index in [4.69, 9.17) is 18.9 Å². The molecule has 34 heavy (non-hydrogen) atoms. The van der Waals surface area contributed by atoms with Gasteiger partial charge in [0.05, 0.1) is 18.6 Å². The molecule has 0 aromatic heterocycles. The van der Waals surface area contributed by atoms with Crippen LogP contribution in [0.1, 0.15) is 22.6 Å². The van der Waals surface area contributed by atoms with Gasteiger partial charge in [-0.2, -0.15) is 4.31 Å². The SMILES string of the molecule is COc1cccc2c1Oc1ccccc1C2CN(CC(OC)OC)S(=O)(=O)c1ccc(C)cc1. The van der Waals surface area contributed by atoms with Gasteiger partial charge in [0.2, 0.25) is 10.0 Å². The van der Waals surface area contributed by atoms with Gasteiger partial charge in [-0.1, -0.05) is 48.0 Å². The van der Waals surface area contributed by atoms with Crippen LogP contribution in [0.3, 0.4) is 0 Å². The summed E-state index contributed by atoms with van der Waals surface area (Å²) in [6, 6.07) is 20.1. The van der Waals surface area contributed by atoms with Crippen LogP contribution in [0.15, 0.2) is 71.6 Å². The predicted octanol–water partition coefficient (Wildman–Crippen LogP) is 4.55. The maximum atomic E-state index is 13.8. The van der Waals surface area contributed by atoms with Crippen molar-refractivity contribution in [3.63, 3.8) is 0 Å². The lowest BCUT2D eigenvalue weighted by Gasteiger charge is -2.33. The molecule has 1 aliphatic heterocycles. The normalized spacial score (nSPS) is 15.1. The average molecular weight is 484 g/mol. The number of rotatable bonds is 9. The van der Waals surface area contributed by atoms with Crippen molar-refractivity contribution >= 4 is 10.0 Å². The van der Waals surface area contributed by atoms with Gasteiger partial charge in [0.25, 0.3) is 0 Å². The highest BCUT2D eigenvalue weighted by Gasteiger charge is 2.35. The summed E-state index contributed by atoms with van der Waals surface area (Å²) in [5, 5.41) is 0. The Kier molecular flexibility index (Phi) is 7.23. The third-order valence-corrected chi connectivity index (χ3v) is 7.88. The minimum absolute atomic E-state index is 0.0298. The highest BCUT2D eigenvalue weighted by molar-refractivity contribution is 7.89. The van der Waals surface area contributed by atoms with Crippen LogP contribution in [0.4, 0.5) is 0 Å². The summed E-state index contributed by atoms with van der Waals surface area (Å²) in [5.74, 6) is 1.57. The molecule has 1 aliphatic rings. The number of methoxy groups -OCH3 is 3. The molecule has 0 saturated carbocycles. The van der Waals surface area contributed by atoms with Crippen LogP contribution < -0.4 is 9.47 Å². The third kappa shape index (κ3) is 4.67. The standard InChI is InChI=1S/C26H29NO6S/c1-18-12-14-19(15-13-18)34(28,29)27(17-25(31-3)32-4)16-22-20-8-5-6-10-23(20)33-26-21(22)9-7-11-24(26)30-2/h5-15,22,25H,16-17H2,1-4H3. The number of fused-ring (bicyclic) bond motifs is 2. The van der Waals surface area contributed by atoms with Gasteiger partial charge in [0.1, 0.15) is 5.75 Å². The molecule has 0 N–H and O–H groups in total. The lowest BCUT2D eigenvalue weighted by atomic mass is 9.87. The summed E-state index contributed by atoms with van der Waals surface area (Å²) in [6.45, 7) is 2.12. The molecule has 0 fully saturated rings. The molecular formula is C26H29NO6S. The Hall–Kier alpha value is -2.91. The van der Waals surface area contributed by atoms with E-state index in [9.17, 15) is 8.42 Å². The van der Waals surface area contributed by atoms with Crippen molar-refractivity contribution < 1.29 is 27.4 Å². The topological polar surface area (TPSA) is 74.3 Å². The summed E-state index contributed by atoms with van der Waals surface area (Å²) < 4.78 is 51.5. The Morgan fingerprint density at radius 3 is 2.26 bits per heavy atom. The molecule has 7 nitrogen and oxygen atoms in total. The minimum atomic E-state index is -3.85. The molecule has 0 radical (unpaired) electrons. The molecule has 0 spiro atoms. The van der Waals surface area contributed by atoms with Crippen molar-refractivity contribution in [2.75, 3.05) is 34.4 Å². The number of sulfonamides is 1. The van der Waals surface area contributed by atoms with Crippen LogP contribution in [0.25, 0.3) is 0 Å². The van der Waals surface area contributed by atoms with Crippen LogP contribution in [-0.2, 0) is 19.5 Å². The van der Waals surface area contributed by atoms with Gasteiger partial charge in [0.15, 0.2) is 17.8 Å². The molecule has 0 saturated heterocycles. The van der Waals surface area contributed by atoms with Crippen LogP contribution in [0, 0.1) is 6.92 Å². The van der Waals surface area contributed by atoms with E-state index in [1.165, 1.54) is 18.5 Å². The zero-order valence-corrected chi connectivity index (χ0v) is 20.5. The first-order valence-electron chi connectivity index (χ1n) is 10.9. The Balaban J connectivity index is 1.81. The van der Waals surface area contributed by atoms with Gasteiger partial charge in [-0.15, -0.1) is 0 Å². The smallest absolute Gasteiger partial charge is 0.243 e. The molecule has 1 heterocycles. The van der Waals surface area contributed by atoms with Crippen molar-refractivity contribution in [2.45, 2.75) is 24.0 Å². The molecular weight excluding hydrogens is 454 g/mol. The lowest BCUT2D eigenvalue weighted by molar-refractivity contribution is -0.108. The summed E-state index contributed by atoms with van der Waals surface area (Å²) in [4.78, 5) is 0.218. The van der Waals surface area contributed by atoms with E-state index in [0.29, 0.717) is 17.2 Å². The molecule has 0 aliphatic carbocycles. The quantitative estimate of drug-likeness (QED) is 0.416. The second-order valence-electron chi connectivity index (χ2n) is 8.11. The van der Waals surface area contributed by atoms with Crippen molar-refractivity contribution in [1.82, 2.24) is 4.31 Å². The van der Waals surface area contributed by atoms with Crippen LogP contribution in [-0.4, -0.2) is 53.4 Å². The fourth-order valence-corrected chi connectivity index (χ4v) is 5.60. The molecule has 3 aromatic carbocycles. The fraction of sp³-hybridized carbons (Fsp3) is 0.308. The second-order valence-corrected chi connectivity index (χ2v) is 10.0. The van der Waals surface area contributed by atoms with Crippen LogP contribution in [0.2, 0.25) is 0 Å². The first kappa shape index (κ1) is 24.2. The lowest BCUT2D eigenvalue weighted by Crippen LogP contribution is -2.41. The molecule has 3 aromatic rings. The van der Waals surface area contributed by atoms with Crippen molar-refractivity contribution in [3.05, 3.63) is 83.4 Å². The number of aryl methyl sites for hydroxylation is 1. The number of para-hydroxylation sites is 2. The average Bonchev–Trinajstić information content (AvgIpc) is 2.85. The van der Waals surface area contributed by atoms with E-state index in [2.05, 4.69) is 0 Å². The number of ether oxygens (including phenoxy) is 4. The molecule has 8 heteroatoms. The molecule has 0 bridgehead atoms. The van der Waals surface area contributed by atoms with E-state index in [0.717, 1.165) is 16.7 Å². The van der Waals surface area contributed by atoms with Gasteiger partial charge < -0.3 is 18.9 Å². The second kappa shape index (κ2) is 10.1. The first-order chi connectivity index (χ1) is 16.4. The van der Waals surface area contributed by atoms with Gasteiger partial charge in [-0.25, -0.2) is 8.42 Å². The largest absolute Gasteiger partial charge is 0.493 e. The molecule has 0 amide bonds. The fourth-order valence-electron chi connectivity index (χ4n) is 4.16. The van der Waals surface area contributed by atoms with Crippen molar-refractivity contribution in [1.29, 1.82) is 0 Å². The third-order valence-electron chi connectivity index (χ3n) is 6.03. The molecule has 180 valence electrons. The predicted molar refractivity (Wildman–Crippen MR) is 129 cm³/mol. The van der Waals surface area contributed by atoms with E-state index < -0.39 is 16.3 Å². The van der Waals surface area contributed by atoms with Gasteiger partial charge in [-0.05, 0) is 31.2 Å². The van der Waals surface area contributed by atoms with E-state index in [-0.39, 0.29) is 23.9 Å². The van der Waals surface area contributed by atoms with E-state index >= 15 is 0 Å². The van der Waals surface area contributed by atoms with Crippen LogP contribution in [0.5, 0.6) is 17.2 Å².